The molecular weight excluding hydrogens is 438 g/mol. The van der Waals surface area contributed by atoms with E-state index in [-0.39, 0.29) is 34.5 Å². The van der Waals surface area contributed by atoms with Crippen molar-refractivity contribution in [3.05, 3.63) is 52.8 Å². The molecule has 1 fully saturated rings. The van der Waals surface area contributed by atoms with E-state index in [9.17, 15) is 21.6 Å². The molecule has 1 aliphatic rings. The number of amides is 1. The molecule has 1 aliphatic heterocycles. The van der Waals surface area contributed by atoms with Crippen LogP contribution in [0, 0.1) is 0 Å². The maximum atomic E-state index is 13.3. The Balaban J connectivity index is 2.01. The Morgan fingerprint density at radius 3 is 2.55 bits per heavy atom. The summed E-state index contributed by atoms with van der Waals surface area (Å²) in [5.74, 6) is -1.02. The van der Waals surface area contributed by atoms with Gasteiger partial charge in [0.2, 0.25) is 15.0 Å². The lowest BCUT2D eigenvalue weighted by molar-refractivity contribution is 0.0674. The summed E-state index contributed by atoms with van der Waals surface area (Å²) in [6, 6.07) is 8.54. The number of hydrogen-bond acceptors (Lipinski definition) is 7. The zero-order valence-electron chi connectivity index (χ0n) is 15.7. The molecule has 0 bridgehead atoms. The first kappa shape index (κ1) is 21.7. The summed E-state index contributed by atoms with van der Waals surface area (Å²) in [6.07, 6.45) is 1.38. The lowest BCUT2D eigenvalue weighted by Gasteiger charge is -2.28. The van der Waals surface area contributed by atoms with E-state index in [1.807, 2.05) is 30.3 Å². The normalized spacial score (nSPS) is 18.5. The molecule has 2 heterocycles. The van der Waals surface area contributed by atoms with E-state index in [1.54, 1.807) is 0 Å². The number of benzene rings is 1. The molecule has 1 aromatic carbocycles. The molecule has 0 aliphatic carbocycles. The van der Waals surface area contributed by atoms with Crippen molar-refractivity contribution < 1.29 is 21.6 Å². The summed E-state index contributed by atoms with van der Waals surface area (Å²) < 4.78 is 48.2. The molecule has 0 N–H and O–H groups in total. The van der Waals surface area contributed by atoms with E-state index in [4.69, 9.17) is 11.6 Å². The summed E-state index contributed by atoms with van der Waals surface area (Å²) in [7, 11) is -6.99. The highest BCUT2D eigenvalue weighted by Gasteiger charge is 2.36. The maximum absolute atomic E-state index is 13.3. The molecule has 11 heteroatoms. The Kier molecular flexibility index (Phi) is 6.25. The molecule has 1 aromatic heterocycles. The molecule has 1 amide bonds. The summed E-state index contributed by atoms with van der Waals surface area (Å²) in [4.78, 5) is 22.3. The number of carbonyl (C=O) groups is 1. The number of sulfone groups is 2. The van der Waals surface area contributed by atoms with Crippen LogP contribution in [-0.2, 0) is 26.2 Å². The third kappa shape index (κ3) is 4.93. The lowest BCUT2D eigenvalue weighted by atomic mass is 10.1. The van der Waals surface area contributed by atoms with Crippen LogP contribution in [0.15, 0.2) is 41.7 Å². The van der Waals surface area contributed by atoms with Crippen LogP contribution in [0.4, 0.5) is 0 Å². The molecule has 0 spiro atoms. The molecule has 1 saturated heterocycles. The van der Waals surface area contributed by atoms with Crippen LogP contribution in [-0.4, -0.2) is 60.9 Å². The van der Waals surface area contributed by atoms with Crippen molar-refractivity contribution >= 4 is 37.2 Å². The molecule has 0 saturated carbocycles. The van der Waals surface area contributed by atoms with Crippen LogP contribution < -0.4 is 0 Å². The first-order valence-corrected chi connectivity index (χ1v) is 12.8. The molecule has 0 radical (unpaired) electrons. The van der Waals surface area contributed by atoms with Gasteiger partial charge in [0.05, 0.1) is 28.5 Å². The average Bonchev–Trinajstić information content (AvgIpc) is 3.06. The summed E-state index contributed by atoms with van der Waals surface area (Å²) in [5, 5.41) is -0.574. The molecule has 8 nitrogen and oxygen atoms in total. The second kappa shape index (κ2) is 8.37. The number of halogens is 1. The average molecular weight is 458 g/mol. The van der Waals surface area contributed by atoms with Crippen molar-refractivity contribution in [2.45, 2.75) is 31.1 Å². The van der Waals surface area contributed by atoms with Crippen LogP contribution in [0.1, 0.15) is 29.4 Å². The zero-order valence-corrected chi connectivity index (χ0v) is 18.0. The molecule has 29 heavy (non-hydrogen) atoms. The molecule has 3 rings (SSSR count). The number of rotatable bonds is 6. The Bertz CT molecular complexity index is 1120. The molecule has 0 unspecified atom stereocenters. The highest BCUT2D eigenvalue weighted by molar-refractivity contribution is 7.91. The van der Waals surface area contributed by atoms with Gasteiger partial charge in [-0.2, -0.15) is 0 Å². The van der Waals surface area contributed by atoms with Crippen molar-refractivity contribution in [2.75, 3.05) is 17.3 Å². The summed E-state index contributed by atoms with van der Waals surface area (Å²) >= 11 is 6.11. The fourth-order valence-electron chi connectivity index (χ4n) is 3.08. The number of aromatic nitrogens is 2. The lowest BCUT2D eigenvalue weighted by Crippen LogP contribution is -2.41. The van der Waals surface area contributed by atoms with Crippen molar-refractivity contribution in [1.82, 2.24) is 14.9 Å². The second-order valence-electron chi connectivity index (χ2n) is 6.73. The van der Waals surface area contributed by atoms with E-state index in [2.05, 4.69) is 9.97 Å². The Hall–Kier alpha value is -2.04. The van der Waals surface area contributed by atoms with Crippen LogP contribution in [0.3, 0.4) is 0 Å². The standard InChI is InChI=1S/C18H20ClN3O5S2/c1-2-29(26,27)18-20-10-15(19)16(21-18)17(23)22(11-13-6-4-3-5-7-13)14-8-9-28(24,25)12-14/h3-7,10,14H,2,8-9,11-12H2,1H3/t14-/m1/s1. The fraction of sp³-hybridized carbons (Fsp3) is 0.389. The third-order valence-electron chi connectivity index (χ3n) is 4.69. The van der Waals surface area contributed by atoms with Gasteiger partial charge in [0.15, 0.2) is 15.5 Å². The minimum Gasteiger partial charge on any atom is -0.329 e. The SMILES string of the molecule is CCS(=O)(=O)c1ncc(Cl)c(C(=O)N(Cc2ccccc2)[C@@H]2CCS(=O)(=O)C2)n1. The van der Waals surface area contributed by atoms with Gasteiger partial charge >= 0.3 is 0 Å². The molecule has 2 aromatic rings. The second-order valence-corrected chi connectivity index (χ2v) is 11.5. The van der Waals surface area contributed by atoms with E-state index in [0.717, 1.165) is 11.8 Å². The first-order valence-electron chi connectivity index (χ1n) is 8.93. The quantitative estimate of drug-likeness (QED) is 0.607. The largest absolute Gasteiger partial charge is 0.329 e. The van der Waals surface area contributed by atoms with Gasteiger partial charge in [0, 0.05) is 12.6 Å². The monoisotopic (exact) mass is 457 g/mol. The van der Waals surface area contributed by atoms with Crippen molar-refractivity contribution in [1.29, 1.82) is 0 Å². The zero-order chi connectivity index (χ0) is 21.2. The summed E-state index contributed by atoms with van der Waals surface area (Å²) in [6.45, 7) is 1.59. The van der Waals surface area contributed by atoms with Crippen LogP contribution >= 0.6 is 11.6 Å². The summed E-state index contributed by atoms with van der Waals surface area (Å²) in [5.41, 5.74) is 0.547. The molecular formula is C18H20ClN3O5S2. The Labute approximate surface area is 174 Å². The van der Waals surface area contributed by atoms with Crippen molar-refractivity contribution in [3.63, 3.8) is 0 Å². The predicted molar refractivity (Wildman–Crippen MR) is 108 cm³/mol. The molecule has 1 atom stereocenters. The minimum absolute atomic E-state index is 0.0107. The van der Waals surface area contributed by atoms with E-state index < -0.39 is 36.8 Å². The van der Waals surface area contributed by atoms with E-state index >= 15 is 0 Å². The van der Waals surface area contributed by atoms with Gasteiger partial charge < -0.3 is 4.90 Å². The highest BCUT2D eigenvalue weighted by atomic mass is 35.5. The number of hydrogen-bond donors (Lipinski definition) is 0. The third-order valence-corrected chi connectivity index (χ3v) is 8.23. The topological polar surface area (TPSA) is 114 Å². The predicted octanol–water partition coefficient (Wildman–Crippen LogP) is 1.75. The Morgan fingerprint density at radius 1 is 1.28 bits per heavy atom. The fourth-order valence-corrected chi connectivity index (χ4v) is 5.69. The highest BCUT2D eigenvalue weighted by Crippen LogP contribution is 2.24. The van der Waals surface area contributed by atoms with E-state index in [1.165, 1.54) is 11.8 Å². The van der Waals surface area contributed by atoms with Crippen molar-refractivity contribution in [3.8, 4) is 0 Å². The van der Waals surface area contributed by atoms with Gasteiger partial charge in [-0.3, -0.25) is 4.79 Å². The van der Waals surface area contributed by atoms with Gasteiger partial charge in [0.25, 0.3) is 5.91 Å². The Morgan fingerprint density at radius 2 is 1.97 bits per heavy atom. The van der Waals surface area contributed by atoms with Crippen LogP contribution in [0.25, 0.3) is 0 Å². The van der Waals surface area contributed by atoms with Crippen LogP contribution in [0.5, 0.6) is 0 Å². The van der Waals surface area contributed by atoms with Gasteiger partial charge in [0.1, 0.15) is 0 Å². The first-order chi connectivity index (χ1) is 13.6. The van der Waals surface area contributed by atoms with Gasteiger partial charge in [-0.15, -0.1) is 0 Å². The van der Waals surface area contributed by atoms with Crippen molar-refractivity contribution in [2.24, 2.45) is 0 Å². The van der Waals surface area contributed by atoms with Gasteiger partial charge in [-0.25, -0.2) is 26.8 Å². The van der Waals surface area contributed by atoms with E-state index in [0.29, 0.717) is 6.42 Å². The smallest absolute Gasteiger partial charge is 0.274 e. The maximum Gasteiger partial charge on any atom is 0.274 e. The number of carbonyl (C=O) groups excluding carboxylic acids is 1. The van der Waals surface area contributed by atoms with Gasteiger partial charge in [-0.1, -0.05) is 48.9 Å². The van der Waals surface area contributed by atoms with Gasteiger partial charge in [-0.05, 0) is 12.0 Å². The molecule has 156 valence electrons. The van der Waals surface area contributed by atoms with Crippen LogP contribution in [0.2, 0.25) is 5.02 Å². The number of nitrogens with zero attached hydrogens (tertiary/aromatic N) is 3. The minimum atomic E-state index is -3.74.